The average Bonchev–Trinajstić information content (AvgIpc) is 2.49. The quantitative estimate of drug-likeness (QED) is 0.737. The Kier molecular flexibility index (Phi) is 2.51. The van der Waals surface area contributed by atoms with Crippen LogP contribution in [-0.2, 0) is 11.2 Å². The van der Waals surface area contributed by atoms with Crippen LogP contribution in [0.3, 0.4) is 0 Å². The highest BCUT2D eigenvalue weighted by Crippen LogP contribution is 2.36. The first-order valence-corrected chi connectivity index (χ1v) is 5.60. The number of rotatable bonds is 0. The van der Waals surface area contributed by atoms with Gasteiger partial charge in [-0.15, -0.1) is 11.3 Å². The molecule has 1 aromatic heterocycles. The summed E-state index contributed by atoms with van der Waals surface area (Å²) in [4.78, 5) is 14.4. The SMILES string of the molecule is CN1C(=O)[C@@H](N)CCc2sc(Cl)cc21. The van der Waals surface area contributed by atoms with Crippen LogP contribution >= 0.6 is 22.9 Å². The molecule has 1 aliphatic heterocycles. The number of aryl methyl sites for hydroxylation is 1. The van der Waals surface area contributed by atoms with Crippen LogP contribution < -0.4 is 10.6 Å². The molecule has 14 heavy (non-hydrogen) atoms. The second kappa shape index (κ2) is 3.53. The molecule has 1 aromatic rings. The van der Waals surface area contributed by atoms with Crippen molar-refractivity contribution in [3.63, 3.8) is 0 Å². The van der Waals surface area contributed by atoms with Gasteiger partial charge in [-0.2, -0.15) is 0 Å². The predicted molar refractivity (Wildman–Crippen MR) is 59.0 cm³/mol. The lowest BCUT2D eigenvalue weighted by molar-refractivity contribution is -0.119. The maximum Gasteiger partial charge on any atom is 0.243 e. The van der Waals surface area contributed by atoms with Crippen LogP contribution in [0.1, 0.15) is 11.3 Å². The standard InChI is InChI=1S/C9H11ClN2OS/c1-12-6-4-8(10)14-7(6)3-2-5(11)9(12)13/h4-5H,2-3,11H2,1H3/t5-/m0/s1. The molecule has 0 unspecified atom stereocenters. The van der Waals surface area contributed by atoms with Crippen LogP contribution in [0.4, 0.5) is 5.69 Å². The van der Waals surface area contributed by atoms with Crippen molar-refractivity contribution in [3.8, 4) is 0 Å². The fourth-order valence-corrected chi connectivity index (χ4v) is 2.94. The molecule has 1 atom stereocenters. The van der Waals surface area contributed by atoms with Crippen molar-refractivity contribution >= 4 is 34.5 Å². The van der Waals surface area contributed by atoms with E-state index in [2.05, 4.69) is 0 Å². The lowest BCUT2D eigenvalue weighted by Gasteiger charge is -2.17. The van der Waals surface area contributed by atoms with E-state index in [1.165, 1.54) is 11.3 Å². The van der Waals surface area contributed by atoms with Crippen LogP contribution in [-0.4, -0.2) is 19.0 Å². The molecule has 1 amide bonds. The van der Waals surface area contributed by atoms with Crippen molar-refractivity contribution in [2.24, 2.45) is 5.73 Å². The summed E-state index contributed by atoms with van der Waals surface area (Å²) in [6.45, 7) is 0. The van der Waals surface area contributed by atoms with Gasteiger partial charge in [0.15, 0.2) is 0 Å². The molecule has 2 N–H and O–H groups in total. The van der Waals surface area contributed by atoms with Crippen LogP contribution in [0.2, 0.25) is 4.34 Å². The van der Waals surface area contributed by atoms with E-state index < -0.39 is 0 Å². The minimum Gasteiger partial charge on any atom is -0.320 e. The Bertz CT molecular complexity index is 377. The van der Waals surface area contributed by atoms with Crippen LogP contribution in [0.15, 0.2) is 6.07 Å². The summed E-state index contributed by atoms with van der Waals surface area (Å²) in [6.07, 6.45) is 1.54. The molecule has 0 saturated heterocycles. The number of carbonyl (C=O) groups is 1. The third kappa shape index (κ3) is 1.54. The summed E-state index contributed by atoms with van der Waals surface area (Å²) < 4.78 is 0.727. The van der Waals surface area contributed by atoms with Gasteiger partial charge < -0.3 is 10.6 Å². The molecule has 0 aromatic carbocycles. The van der Waals surface area contributed by atoms with E-state index in [1.54, 1.807) is 11.9 Å². The van der Waals surface area contributed by atoms with Crippen LogP contribution in [0.25, 0.3) is 0 Å². The van der Waals surface area contributed by atoms with Crippen molar-refractivity contribution in [1.29, 1.82) is 0 Å². The van der Waals surface area contributed by atoms with E-state index in [-0.39, 0.29) is 11.9 Å². The number of anilines is 1. The zero-order valence-corrected chi connectivity index (χ0v) is 9.36. The molecule has 0 radical (unpaired) electrons. The summed E-state index contributed by atoms with van der Waals surface area (Å²) >= 11 is 7.43. The molecule has 5 heteroatoms. The number of amides is 1. The molecule has 0 bridgehead atoms. The molecule has 2 heterocycles. The largest absolute Gasteiger partial charge is 0.320 e. The molecule has 3 nitrogen and oxygen atoms in total. The number of nitrogens with two attached hydrogens (primary N) is 1. The summed E-state index contributed by atoms with van der Waals surface area (Å²) in [6, 6.07) is 1.45. The Morgan fingerprint density at radius 3 is 3.14 bits per heavy atom. The first kappa shape index (κ1) is 9.96. The summed E-state index contributed by atoms with van der Waals surface area (Å²) in [5.41, 5.74) is 6.64. The molecule has 0 spiro atoms. The van der Waals surface area contributed by atoms with Gasteiger partial charge in [-0.25, -0.2) is 0 Å². The highest BCUT2D eigenvalue weighted by molar-refractivity contribution is 7.16. The monoisotopic (exact) mass is 230 g/mol. The van der Waals surface area contributed by atoms with E-state index in [0.29, 0.717) is 6.42 Å². The number of hydrogen-bond acceptors (Lipinski definition) is 3. The summed E-state index contributed by atoms with van der Waals surface area (Å²) in [5.74, 6) is -0.0294. The second-order valence-electron chi connectivity index (χ2n) is 3.40. The lowest BCUT2D eigenvalue weighted by Crippen LogP contribution is -2.40. The number of halogens is 1. The Balaban J connectivity index is 2.43. The van der Waals surface area contributed by atoms with E-state index in [4.69, 9.17) is 17.3 Å². The zero-order chi connectivity index (χ0) is 10.3. The maximum absolute atomic E-state index is 11.7. The molecule has 0 fully saturated rings. The van der Waals surface area contributed by atoms with E-state index in [1.807, 2.05) is 6.07 Å². The normalized spacial score (nSPS) is 22.1. The number of carbonyl (C=O) groups excluding carboxylic acids is 1. The Hall–Kier alpha value is -0.580. The van der Waals surface area contributed by atoms with E-state index in [0.717, 1.165) is 21.3 Å². The fourth-order valence-electron chi connectivity index (χ4n) is 1.63. The third-order valence-corrected chi connectivity index (χ3v) is 3.76. The molecule has 76 valence electrons. The van der Waals surface area contributed by atoms with Crippen molar-refractivity contribution < 1.29 is 4.79 Å². The minimum atomic E-state index is -0.377. The molecule has 0 saturated carbocycles. The van der Waals surface area contributed by atoms with Gasteiger partial charge in [0.1, 0.15) is 0 Å². The zero-order valence-electron chi connectivity index (χ0n) is 7.79. The van der Waals surface area contributed by atoms with Crippen molar-refractivity contribution in [3.05, 3.63) is 15.3 Å². The Labute approximate surface area is 91.5 Å². The van der Waals surface area contributed by atoms with E-state index >= 15 is 0 Å². The summed E-state index contributed by atoms with van der Waals surface area (Å²) in [7, 11) is 1.75. The second-order valence-corrected chi connectivity index (χ2v) is 5.17. The van der Waals surface area contributed by atoms with Gasteiger partial charge in [0, 0.05) is 11.9 Å². The molecule has 2 rings (SSSR count). The smallest absolute Gasteiger partial charge is 0.243 e. The van der Waals surface area contributed by atoms with Gasteiger partial charge in [0.2, 0.25) is 5.91 Å². The fraction of sp³-hybridized carbons (Fsp3) is 0.444. The number of nitrogens with zero attached hydrogens (tertiary/aromatic N) is 1. The van der Waals surface area contributed by atoms with E-state index in [9.17, 15) is 4.79 Å². The van der Waals surface area contributed by atoms with Crippen LogP contribution in [0.5, 0.6) is 0 Å². The first-order chi connectivity index (χ1) is 6.59. The minimum absolute atomic E-state index is 0.0294. The van der Waals surface area contributed by atoms with Gasteiger partial charge in [-0.05, 0) is 18.9 Å². The number of hydrogen-bond donors (Lipinski definition) is 1. The first-order valence-electron chi connectivity index (χ1n) is 4.41. The van der Waals surface area contributed by atoms with Crippen molar-refractivity contribution in [1.82, 2.24) is 0 Å². The molecule has 1 aliphatic rings. The molecule has 0 aliphatic carbocycles. The van der Waals surface area contributed by atoms with Gasteiger partial charge in [0.05, 0.1) is 16.1 Å². The lowest BCUT2D eigenvalue weighted by atomic mass is 10.1. The number of thiophene rings is 1. The van der Waals surface area contributed by atoms with Crippen molar-refractivity contribution in [2.75, 3.05) is 11.9 Å². The highest BCUT2D eigenvalue weighted by Gasteiger charge is 2.26. The Morgan fingerprint density at radius 2 is 2.43 bits per heavy atom. The number of fused-ring (bicyclic) bond motifs is 1. The molecular weight excluding hydrogens is 220 g/mol. The predicted octanol–water partition coefficient (Wildman–Crippen LogP) is 1.64. The van der Waals surface area contributed by atoms with Gasteiger partial charge in [-0.1, -0.05) is 11.6 Å². The third-order valence-electron chi connectivity index (χ3n) is 2.45. The molecular formula is C9H11ClN2OS. The van der Waals surface area contributed by atoms with Gasteiger partial charge in [-0.3, -0.25) is 4.79 Å². The van der Waals surface area contributed by atoms with Gasteiger partial charge in [0.25, 0.3) is 0 Å². The summed E-state index contributed by atoms with van der Waals surface area (Å²) in [5, 5.41) is 0. The number of likely N-dealkylation sites (N-methyl/N-ethyl adjacent to an activating group) is 1. The average molecular weight is 231 g/mol. The highest BCUT2D eigenvalue weighted by atomic mass is 35.5. The Morgan fingerprint density at radius 1 is 1.71 bits per heavy atom. The van der Waals surface area contributed by atoms with Crippen LogP contribution in [0, 0.1) is 0 Å². The topological polar surface area (TPSA) is 46.3 Å². The van der Waals surface area contributed by atoms with Crippen molar-refractivity contribution in [2.45, 2.75) is 18.9 Å². The van der Waals surface area contributed by atoms with Gasteiger partial charge >= 0.3 is 0 Å². The maximum atomic E-state index is 11.7.